The lowest BCUT2D eigenvalue weighted by Crippen LogP contribution is -2.24. The van der Waals surface area contributed by atoms with Crippen molar-refractivity contribution in [3.05, 3.63) is 47.0 Å². The zero-order valence-corrected chi connectivity index (χ0v) is 10.7. The summed E-state index contributed by atoms with van der Waals surface area (Å²) in [6.45, 7) is 0.870. The number of nitrogens with two attached hydrogens (primary N) is 1. The van der Waals surface area contributed by atoms with Crippen LogP contribution in [-0.2, 0) is 7.05 Å². The van der Waals surface area contributed by atoms with Crippen molar-refractivity contribution in [3.63, 3.8) is 0 Å². The first-order valence-electron chi connectivity index (χ1n) is 5.91. The molecular formula is C13H16N4O2. The molecule has 2 aromatic rings. The maximum Gasteiger partial charge on any atom is 0.293 e. The molecule has 2 rings (SSSR count). The van der Waals surface area contributed by atoms with E-state index in [4.69, 9.17) is 10.5 Å². The Kier molecular flexibility index (Phi) is 4.02. The second-order valence-corrected chi connectivity index (χ2v) is 4.00. The molecule has 0 atom stereocenters. The van der Waals surface area contributed by atoms with Crippen LogP contribution in [0.1, 0.15) is 0 Å². The van der Waals surface area contributed by atoms with Crippen LogP contribution in [0.5, 0.6) is 5.75 Å². The minimum Gasteiger partial charge on any atom is -0.490 e. The van der Waals surface area contributed by atoms with Crippen LogP contribution in [0.3, 0.4) is 0 Å². The first kappa shape index (κ1) is 12.9. The maximum absolute atomic E-state index is 11.7. The Labute approximate surface area is 110 Å². The highest BCUT2D eigenvalue weighted by atomic mass is 16.5. The van der Waals surface area contributed by atoms with Crippen LogP contribution < -0.4 is 21.3 Å². The molecule has 0 unspecified atom stereocenters. The predicted octanol–water partition coefficient (Wildman–Crippen LogP) is 0.853. The van der Waals surface area contributed by atoms with Gasteiger partial charge in [0.25, 0.3) is 5.56 Å². The number of ether oxygens (including phenoxy) is 1. The molecule has 6 heteroatoms. The van der Waals surface area contributed by atoms with Gasteiger partial charge in [0.05, 0.1) is 12.2 Å². The van der Waals surface area contributed by atoms with Crippen LogP contribution >= 0.6 is 0 Å². The summed E-state index contributed by atoms with van der Waals surface area (Å²) >= 11 is 0. The summed E-state index contributed by atoms with van der Waals surface area (Å²) in [5.41, 5.74) is 6.18. The molecule has 0 aliphatic heterocycles. The highest BCUT2D eigenvalue weighted by Crippen LogP contribution is 2.19. The largest absolute Gasteiger partial charge is 0.490 e. The molecule has 0 saturated carbocycles. The number of nitrogens with one attached hydrogen (secondary N) is 1. The lowest BCUT2D eigenvalue weighted by Gasteiger charge is -2.09. The zero-order chi connectivity index (χ0) is 13.7. The number of nitrogens with zero attached hydrogens (tertiary/aromatic N) is 2. The molecule has 0 bridgehead atoms. The summed E-state index contributed by atoms with van der Waals surface area (Å²) in [6, 6.07) is 7.28. The third-order valence-electron chi connectivity index (χ3n) is 2.59. The summed E-state index contributed by atoms with van der Waals surface area (Å²) in [5.74, 6) is 0.952. The summed E-state index contributed by atoms with van der Waals surface area (Å²) < 4.78 is 6.97. The van der Waals surface area contributed by atoms with Crippen molar-refractivity contribution >= 4 is 11.5 Å². The number of hydrogen-bond acceptors (Lipinski definition) is 5. The lowest BCUT2D eigenvalue weighted by molar-refractivity contribution is 0.334. The number of rotatable bonds is 5. The summed E-state index contributed by atoms with van der Waals surface area (Å²) in [6.07, 6.45) is 3.18. The van der Waals surface area contributed by atoms with Gasteiger partial charge >= 0.3 is 0 Å². The monoisotopic (exact) mass is 260 g/mol. The number of hydrogen-bond donors (Lipinski definition) is 2. The second kappa shape index (κ2) is 5.90. The summed E-state index contributed by atoms with van der Waals surface area (Å²) in [5, 5.41) is 2.93. The van der Waals surface area contributed by atoms with E-state index in [0.717, 1.165) is 0 Å². The fourth-order valence-electron chi connectivity index (χ4n) is 1.56. The minimum atomic E-state index is -0.165. The summed E-state index contributed by atoms with van der Waals surface area (Å²) in [4.78, 5) is 15.6. The molecule has 3 N–H and O–H groups in total. The molecule has 0 amide bonds. The fraction of sp³-hybridized carbons (Fsp3) is 0.231. The van der Waals surface area contributed by atoms with Gasteiger partial charge in [-0.15, -0.1) is 0 Å². The molecule has 1 aromatic carbocycles. The Morgan fingerprint density at radius 1 is 1.42 bits per heavy atom. The average molecular weight is 260 g/mol. The van der Waals surface area contributed by atoms with Crippen LogP contribution in [0.25, 0.3) is 0 Å². The smallest absolute Gasteiger partial charge is 0.293 e. The normalized spacial score (nSPS) is 10.2. The Hall–Kier alpha value is -2.50. The molecule has 6 nitrogen and oxygen atoms in total. The van der Waals surface area contributed by atoms with Gasteiger partial charge in [0.2, 0.25) is 0 Å². The number of benzene rings is 1. The molecule has 0 aliphatic rings. The van der Waals surface area contributed by atoms with Gasteiger partial charge in [-0.05, 0) is 12.1 Å². The van der Waals surface area contributed by atoms with Crippen molar-refractivity contribution < 1.29 is 4.74 Å². The highest BCUT2D eigenvalue weighted by Gasteiger charge is 2.02. The van der Waals surface area contributed by atoms with Gasteiger partial charge < -0.3 is 20.4 Å². The standard InChI is InChI=1S/C13H16N4O2/c1-17-8-6-15-12(13(17)18)16-7-9-19-11-5-3-2-4-10(11)14/h2-6,8H,7,9,14H2,1H3,(H,15,16). The molecular weight excluding hydrogens is 244 g/mol. The van der Waals surface area contributed by atoms with Crippen LogP contribution in [0.4, 0.5) is 11.5 Å². The van der Waals surface area contributed by atoms with E-state index in [1.807, 2.05) is 12.1 Å². The Morgan fingerprint density at radius 3 is 3.00 bits per heavy atom. The third-order valence-corrected chi connectivity index (χ3v) is 2.59. The van der Waals surface area contributed by atoms with Gasteiger partial charge in [0.15, 0.2) is 5.82 Å². The average Bonchev–Trinajstić information content (AvgIpc) is 2.41. The van der Waals surface area contributed by atoms with E-state index in [9.17, 15) is 4.79 Å². The lowest BCUT2D eigenvalue weighted by atomic mass is 10.3. The first-order valence-corrected chi connectivity index (χ1v) is 5.91. The number of aromatic nitrogens is 2. The van der Waals surface area contributed by atoms with Gasteiger partial charge in [-0.1, -0.05) is 12.1 Å². The SMILES string of the molecule is Cn1ccnc(NCCOc2ccccc2N)c1=O. The Bertz CT molecular complexity index is 610. The van der Waals surface area contributed by atoms with E-state index < -0.39 is 0 Å². The number of para-hydroxylation sites is 2. The van der Waals surface area contributed by atoms with E-state index in [2.05, 4.69) is 10.3 Å². The summed E-state index contributed by atoms with van der Waals surface area (Å²) in [7, 11) is 1.68. The maximum atomic E-state index is 11.7. The second-order valence-electron chi connectivity index (χ2n) is 4.00. The number of aryl methyl sites for hydroxylation is 1. The van der Waals surface area contributed by atoms with Crippen molar-refractivity contribution in [3.8, 4) is 5.75 Å². The van der Waals surface area contributed by atoms with Crippen LogP contribution in [0.15, 0.2) is 41.5 Å². The van der Waals surface area contributed by atoms with Gasteiger partial charge in [-0.3, -0.25) is 4.79 Å². The number of anilines is 2. The van der Waals surface area contributed by atoms with Gasteiger partial charge in [0, 0.05) is 19.4 Å². The molecule has 0 radical (unpaired) electrons. The van der Waals surface area contributed by atoms with Crippen LogP contribution in [0.2, 0.25) is 0 Å². The number of nitrogen functional groups attached to an aromatic ring is 1. The molecule has 0 fully saturated rings. The predicted molar refractivity (Wildman–Crippen MR) is 74.3 cm³/mol. The molecule has 0 saturated heterocycles. The van der Waals surface area contributed by atoms with Crippen molar-refractivity contribution in [2.24, 2.45) is 7.05 Å². The Balaban J connectivity index is 1.86. The fourth-order valence-corrected chi connectivity index (χ4v) is 1.56. The van der Waals surface area contributed by atoms with E-state index in [-0.39, 0.29) is 5.56 Å². The van der Waals surface area contributed by atoms with Crippen molar-refractivity contribution in [1.82, 2.24) is 9.55 Å². The van der Waals surface area contributed by atoms with Gasteiger partial charge in [-0.25, -0.2) is 4.98 Å². The quantitative estimate of drug-likeness (QED) is 0.615. The molecule has 100 valence electrons. The van der Waals surface area contributed by atoms with Crippen molar-refractivity contribution in [2.75, 3.05) is 24.2 Å². The van der Waals surface area contributed by atoms with E-state index in [1.54, 1.807) is 31.6 Å². The molecule has 1 heterocycles. The minimum absolute atomic E-state index is 0.165. The highest BCUT2D eigenvalue weighted by molar-refractivity contribution is 5.51. The van der Waals surface area contributed by atoms with Crippen LogP contribution in [-0.4, -0.2) is 22.7 Å². The molecule has 19 heavy (non-hydrogen) atoms. The van der Waals surface area contributed by atoms with E-state index in [0.29, 0.717) is 30.4 Å². The Morgan fingerprint density at radius 2 is 2.21 bits per heavy atom. The van der Waals surface area contributed by atoms with Gasteiger partial charge in [0.1, 0.15) is 12.4 Å². The molecule has 0 spiro atoms. The van der Waals surface area contributed by atoms with Gasteiger partial charge in [-0.2, -0.15) is 0 Å². The van der Waals surface area contributed by atoms with Crippen molar-refractivity contribution in [1.29, 1.82) is 0 Å². The topological polar surface area (TPSA) is 82.2 Å². The van der Waals surface area contributed by atoms with E-state index in [1.165, 1.54) is 4.57 Å². The first-order chi connectivity index (χ1) is 9.18. The van der Waals surface area contributed by atoms with Crippen molar-refractivity contribution in [2.45, 2.75) is 0 Å². The van der Waals surface area contributed by atoms with Crippen LogP contribution in [0, 0.1) is 0 Å². The molecule has 1 aromatic heterocycles. The molecule has 0 aliphatic carbocycles. The third kappa shape index (κ3) is 3.25. The zero-order valence-electron chi connectivity index (χ0n) is 10.7. The van der Waals surface area contributed by atoms with E-state index >= 15 is 0 Å².